The van der Waals surface area contributed by atoms with Gasteiger partial charge in [0.05, 0.1) is 0 Å². The first kappa shape index (κ1) is 15.6. The van der Waals surface area contributed by atoms with Crippen LogP contribution in [0.1, 0.15) is 23.6 Å². The maximum absolute atomic E-state index is 12.1. The topological polar surface area (TPSA) is 55.1 Å². The molecular formula is C17H19BrN2O. The average molecular weight is 347 g/mol. The molecule has 0 aromatic heterocycles. The molecule has 2 rings (SSSR count). The van der Waals surface area contributed by atoms with Crippen molar-refractivity contribution in [2.24, 2.45) is 5.73 Å². The molecule has 0 aliphatic heterocycles. The van der Waals surface area contributed by atoms with Crippen molar-refractivity contribution >= 4 is 27.5 Å². The molecule has 0 fully saturated rings. The minimum atomic E-state index is -0.972. The van der Waals surface area contributed by atoms with Crippen molar-refractivity contribution in [2.45, 2.75) is 26.3 Å². The van der Waals surface area contributed by atoms with Gasteiger partial charge in [-0.25, -0.2) is 0 Å². The fourth-order valence-electron chi connectivity index (χ4n) is 2.37. The highest BCUT2D eigenvalue weighted by Gasteiger charge is 2.35. The molecule has 110 valence electrons. The van der Waals surface area contributed by atoms with E-state index in [0.29, 0.717) is 0 Å². The molecule has 3 N–H and O–H groups in total. The molecule has 0 saturated carbocycles. The minimum Gasteiger partial charge on any atom is -0.367 e. The van der Waals surface area contributed by atoms with Gasteiger partial charge in [-0.15, -0.1) is 0 Å². The first-order valence-corrected chi connectivity index (χ1v) is 7.54. The lowest BCUT2D eigenvalue weighted by Gasteiger charge is -2.31. The third-order valence-corrected chi connectivity index (χ3v) is 4.37. The zero-order valence-corrected chi connectivity index (χ0v) is 14.0. The molecule has 0 radical (unpaired) electrons. The largest absolute Gasteiger partial charge is 0.367 e. The maximum atomic E-state index is 12.1. The van der Waals surface area contributed by atoms with Crippen LogP contribution in [0.25, 0.3) is 0 Å². The smallest absolute Gasteiger partial charge is 0.247 e. The van der Waals surface area contributed by atoms with E-state index >= 15 is 0 Å². The summed E-state index contributed by atoms with van der Waals surface area (Å²) in [4.78, 5) is 12.1. The summed E-state index contributed by atoms with van der Waals surface area (Å²) in [6.45, 7) is 5.80. The van der Waals surface area contributed by atoms with Crippen LogP contribution >= 0.6 is 15.9 Å². The first-order chi connectivity index (χ1) is 9.84. The van der Waals surface area contributed by atoms with E-state index < -0.39 is 11.4 Å². The lowest BCUT2D eigenvalue weighted by atomic mass is 9.86. The Bertz CT molecular complexity index is 684. The van der Waals surface area contributed by atoms with Gasteiger partial charge in [0.15, 0.2) is 0 Å². The number of carbonyl (C=O) groups excluding carboxylic acids is 1. The molecule has 2 aromatic rings. The number of anilines is 1. The third-order valence-electron chi connectivity index (χ3n) is 3.68. The molecule has 21 heavy (non-hydrogen) atoms. The standard InChI is InChI=1S/C17H19BrN2O/c1-11-8-9-12(2)13(10-11)17(3,16(19)21)20-15-7-5-4-6-14(15)18/h4-10,20H,1-3H3,(H2,19,21). The van der Waals surface area contributed by atoms with Gasteiger partial charge in [0.2, 0.25) is 5.91 Å². The summed E-state index contributed by atoms with van der Waals surface area (Å²) in [5, 5.41) is 3.29. The third kappa shape index (κ3) is 3.10. The molecule has 0 heterocycles. The average Bonchev–Trinajstić information content (AvgIpc) is 2.43. The van der Waals surface area contributed by atoms with Gasteiger partial charge in [0.1, 0.15) is 5.54 Å². The Hall–Kier alpha value is -1.81. The summed E-state index contributed by atoms with van der Waals surface area (Å²) in [7, 11) is 0. The van der Waals surface area contributed by atoms with Gasteiger partial charge in [-0.05, 0) is 60.0 Å². The highest BCUT2D eigenvalue weighted by atomic mass is 79.9. The van der Waals surface area contributed by atoms with Crippen LogP contribution in [0.4, 0.5) is 5.69 Å². The van der Waals surface area contributed by atoms with E-state index in [1.165, 1.54) is 0 Å². The maximum Gasteiger partial charge on any atom is 0.247 e. The van der Waals surface area contributed by atoms with Crippen LogP contribution in [0.2, 0.25) is 0 Å². The van der Waals surface area contributed by atoms with Crippen LogP contribution in [-0.4, -0.2) is 5.91 Å². The van der Waals surface area contributed by atoms with E-state index in [4.69, 9.17) is 5.73 Å². The van der Waals surface area contributed by atoms with Crippen molar-refractivity contribution < 1.29 is 4.79 Å². The fourth-order valence-corrected chi connectivity index (χ4v) is 2.75. The second kappa shape index (κ2) is 5.90. The van der Waals surface area contributed by atoms with Crippen molar-refractivity contribution in [3.8, 4) is 0 Å². The lowest BCUT2D eigenvalue weighted by molar-refractivity contribution is -0.122. The molecule has 0 bridgehead atoms. The van der Waals surface area contributed by atoms with Crippen LogP contribution in [0.15, 0.2) is 46.9 Å². The number of para-hydroxylation sites is 1. The number of halogens is 1. The van der Waals surface area contributed by atoms with Gasteiger partial charge in [0, 0.05) is 10.2 Å². The molecule has 0 spiro atoms. The predicted octanol–water partition coefficient (Wildman–Crippen LogP) is 3.88. The number of hydrogen-bond acceptors (Lipinski definition) is 2. The van der Waals surface area contributed by atoms with Crippen molar-refractivity contribution in [3.63, 3.8) is 0 Å². The minimum absolute atomic E-state index is 0.410. The summed E-state index contributed by atoms with van der Waals surface area (Å²) in [6, 6.07) is 13.7. The molecule has 4 heteroatoms. The normalized spacial score (nSPS) is 13.5. The summed E-state index contributed by atoms with van der Waals surface area (Å²) in [6.07, 6.45) is 0. The molecule has 0 aliphatic carbocycles. The zero-order valence-electron chi connectivity index (χ0n) is 12.4. The lowest BCUT2D eigenvalue weighted by Crippen LogP contribution is -2.45. The highest BCUT2D eigenvalue weighted by Crippen LogP contribution is 2.32. The number of amides is 1. The second-order valence-corrected chi connectivity index (χ2v) is 6.27. The quantitative estimate of drug-likeness (QED) is 0.882. The van der Waals surface area contributed by atoms with E-state index in [1.54, 1.807) is 0 Å². The molecule has 1 atom stereocenters. The molecule has 0 saturated heterocycles. The van der Waals surface area contributed by atoms with Crippen LogP contribution in [-0.2, 0) is 10.3 Å². The van der Waals surface area contributed by atoms with Gasteiger partial charge in [0.25, 0.3) is 0 Å². The second-order valence-electron chi connectivity index (χ2n) is 5.41. The van der Waals surface area contributed by atoms with Gasteiger partial charge in [-0.2, -0.15) is 0 Å². The Morgan fingerprint density at radius 3 is 2.48 bits per heavy atom. The van der Waals surface area contributed by atoms with Gasteiger partial charge >= 0.3 is 0 Å². The summed E-state index contributed by atoms with van der Waals surface area (Å²) >= 11 is 3.49. The fraction of sp³-hybridized carbons (Fsp3) is 0.235. The van der Waals surface area contributed by atoms with Crippen molar-refractivity contribution in [2.75, 3.05) is 5.32 Å². The molecule has 0 aliphatic rings. The molecule has 1 amide bonds. The Morgan fingerprint density at radius 1 is 1.19 bits per heavy atom. The number of aryl methyl sites for hydroxylation is 2. The van der Waals surface area contributed by atoms with Gasteiger partial charge < -0.3 is 11.1 Å². The van der Waals surface area contributed by atoms with Crippen molar-refractivity contribution in [3.05, 3.63) is 63.6 Å². The molecule has 3 nitrogen and oxygen atoms in total. The number of nitrogens with one attached hydrogen (secondary N) is 1. The predicted molar refractivity (Wildman–Crippen MR) is 90.2 cm³/mol. The van der Waals surface area contributed by atoms with E-state index in [9.17, 15) is 4.79 Å². The van der Waals surface area contributed by atoms with Gasteiger partial charge in [-0.1, -0.05) is 35.9 Å². The SMILES string of the molecule is Cc1ccc(C)c(C(C)(Nc2ccccc2Br)C(N)=O)c1. The summed E-state index contributed by atoms with van der Waals surface area (Å²) < 4.78 is 0.891. The van der Waals surface area contributed by atoms with E-state index in [-0.39, 0.29) is 0 Å². The van der Waals surface area contributed by atoms with Crippen LogP contribution in [0.3, 0.4) is 0 Å². The Kier molecular flexibility index (Phi) is 4.37. The van der Waals surface area contributed by atoms with E-state index in [1.807, 2.05) is 63.2 Å². The van der Waals surface area contributed by atoms with Crippen LogP contribution in [0.5, 0.6) is 0 Å². The highest BCUT2D eigenvalue weighted by molar-refractivity contribution is 9.10. The van der Waals surface area contributed by atoms with Crippen LogP contribution < -0.4 is 11.1 Å². The monoisotopic (exact) mass is 346 g/mol. The van der Waals surface area contributed by atoms with Gasteiger partial charge in [-0.3, -0.25) is 4.79 Å². The van der Waals surface area contributed by atoms with Crippen molar-refractivity contribution in [1.29, 1.82) is 0 Å². The number of rotatable bonds is 4. The number of hydrogen-bond donors (Lipinski definition) is 2. The Labute approximate surface area is 133 Å². The van der Waals surface area contributed by atoms with Crippen LogP contribution in [0, 0.1) is 13.8 Å². The van der Waals surface area contributed by atoms with Crippen molar-refractivity contribution in [1.82, 2.24) is 0 Å². The number of nitrogens with two attached hydrogens (primary N) is 1. The number of benzene rings is 2. The Balaban J connectivity index is 2.53. The zero-order chi connectivity index (χ0) is 15.6. The summed E-state index contributed by atoms with van der Waals surface area (Å²) in [5.41, 5.74) is 8.58. The Morgan fingerprint density at radius 2 is 1.86 bits per heavy atom. The van der Waals surface area contributed by atoms with E-state index in [0.717, 1.165) is 26.9 Å². The summed E-state index contributed by atoms with van der Waals surface area (Å²) in [5.74, 6) is -0.410. The number of primary amides is 1. The molecular weight excluding hydrogens is 328 g/mol. The first-order valence-electron chi connectivity index (χ1n) is 6.75. The number of carbonyl (C=O) groups is 1. The van der Waals surface area contributed by atoms with E-state index in [2.05, 4.69) is 21.2 Å². The molecule has 2 aromatic carbocycles. The molecule has 1 unspecified atom stereocenters.